The lowest BCUT2D eigenvalue weighted by Crippen LogP contribution is -2.11. The molecule has 1 aromatic carbocycles. The van der Waals surface area contributed by atoms with E-state index in [1.165, 1.54) is 43.2 Å². The Balaban J connectivity index is 1.76. The van der Waals surface area contributed by atoms with Crippen molar-refractivity contribution in [1.82, 2.24) is 0 Å². The van der Waals surface area contributed by atoms with Crippen molar-refractivity contribution in [2.75, 3.05) is 0 Å². The zero-order valence-corrected chi connectivity index (χ0v) is 14.0. The van der Waals surface area contributed by atoms with Gasteiger partial charge in [0, 0.05) is 0 Å². The van der Waals surface area contributed by atoms with Gasteiger partial charge in [0.15, 0.2) is 0 Å². The van der Waals surface area contributed by atoms with Crippen LogP contribution in [0.15, 0.2) is 42.5 Å². The summed E-state index contributed by atoms with van der Waals surface area (Å²) in [5.74, 6) is 7.96. The highest BCUT2D eigenvalue weighted by Gasteiger charge is 2.17. The molecule has 0 heterocycles. The number of hydrogen-bond acceptors (Lipinski definition) is 0. The Morgan fingerprint density at radius 2 is 1.64 bits per heavy atom. The smallest absolute Gasteiger partial charge is 0.0109 e. The molecule has 0 nitrogen and oxygen atoms in total. The fourth-order valence-electron chi connectivity index (χ4n) is 3.07. The molecule has 0 radical (unpaired) electrons. The topological polar surface area (TPSA) is 0 Å². The van der Waals surface area contributed by atoms with Gasteiger partial charge in [-0.25, -0.2) is 0 Å². The minimum atomic E-state index is 0.752. The molecule has 0 spiro atoms. The SMILES string of the molecule is CCc1ccc(/C=C/C#C/C=C/C2CCC(CC)CC2)cc1. The molecule has 1 aliphatic carbocycles. The average molecular weight is 292 g/mol. The first-order chi connectivity index (χ1) is 10.8. The minimum Gasteiger partial charge on any atom is -0.0730 e. The van der Waals surface area contributed by atoms with E-state index in [1.807, 2.05) is 12.2 Å². The van der Waals surface area contributed by atoms with Crippen molar-refractivity contribution < 1.29 is 0 Å². The van der Waals surface area contributed by atoms with Crippen molar-refractivity contribution in [3.05, 3.63) is 53.6 Å². The fraction of sp³-hybridized carbons (Fsp3) is 0.455. The quantitative estimate of drug-likeness (QED) is 0.594. The number of hydrogen-bond donors (Lipinski definition) is 0. The molecule has 2 rings (SSSR count). The molecule has 0 unspecified atom stereocenters. The van der Waals surface area contributed by atoms with Gasteiger partial charge in [0.1, 0.15) is 0 Å². The molecule has 1 aromatic rings. The Kier molecular flexibility index (Phi) is 7.04. The van der Waals surface area contributed by atoms with E-state index in [9.17, 15) is 0 Å². The minimum absolute atomic E-state index is 0.752. The van der Waals surface area contributed by atoms with Gasteiger partial charge in [-0.15, -0.1) is 0 Å². The highest BCUT2D eigenvalue weighted by atomic mass is 14.2. The van der Waals surface area contributed by atoms with Gasteiger partial charge in [0.25, 0.3) is 0 Å². The van der Waals surface area contributed by atoms with Crippen LogP contribution in [0, 0.1) is 23.7 Å². The van der Waals surface area contributed by atoms with Crippen LogP contribution in [-0.4, -0.2) is 0 Å². The van der Waals surface area contributed by atoms with E-state index in [4.69, 9.17) is 0 Å². The van der Waals surface area contributed by atoms with E-state index in [1.54, 1.807) is 0 Å². The standard InChI is InChI=1S/C22H28/c1-3-19-11-15-21(16-12-19)9-7-5-6-8-10-22-17-13-20(4-2)14-18-22/h7-12,15-16,20,22H,3-4,13-14,17-18H2,1-2H3/b9-7+,10-8+. The summed E-state index contributed by atoms with van der Waals surface area (Å²) in [5, 5.41) is 0. The molecule has 0 heteroatoms. The van der Waals surface area contributed by atoms with Crippen molar-refractivity contribution >= 4 is 6.08 Å². The molecule has 0 aliphatic heterocycles. The van der Waals surface area contributed by atoms with Gasteiger partial charge in [-0.05, 0) is 73.3 Å². The normalized spacial score (nSPS) is 21.9. The van der Waals surface area contributed by atoms with Crippen LogP contribution < -0.4 is 0 Å². The maximum Gasteiger partial charge on any atom is -0.0109 e. The van der Waals surface area contributed by atoms with E-state index in [-0.39, 0.29) is 0 Å². The Hall–Kier alpha value is -1.74. The average Bonchev–Trinajstić information content (AvgIpc) is 2.59. The van der Waals surface area contributed by atoms with Gasteiger partial charge >= 0.3 is 0 Å². The molecule has 0 aromatic heterocycles. The first-order valence-electron chi connectivity index (χ1n) is 8.75. The summed E-state index contributed by atoms with van der Waals surface area (Å²) in [6.07, 6.45) is 16.3. The van der Waals surface area contributed by atoms with E-state index in [2.05, 4.69) is 62.1 Å². The monoisotopic (exact) mass is 292 g/mol. The van der Waals surface area contributed by atoms with Crippen molar-refractivity contribution in [2.45, 2.75) is 52.4 Å². The molecular weight excluding hydrogens is 264 g/mol. The van der Waals surface area contributed by atoms with Crippen molar-refractivity contribution in [2.24, 2.45) is 11.8 Å². The molecule has 116 valence electrons. The molecule has 1 saturated carbocycles. The van der Waals surface area contributed by atoms with Crippen molar-refractivity contribution in [3.63, 3.8) is 0 Å². The van der Waals surface area contributed by atoms with E-state index in [0.717, 1.165) is 18.3 Å². The summed E-state index contributed by atoms with van der Waals surface area (Å²) < 4.78 is 0. The molecule has 0 saturated heterocycles. The summed E-state index contributed by atoms with van der Waals surface area (Å²) >= 11 is 0. The summed E-state index contributed by atoms with van der Waals surface area (Å²) in [7, 11) is 0. The number of aryl methyl sites for hydroxylation is 1. The predicted octanol–water partition coefficient (Wildman–Crippen LogP) is 6.04. The van der Waals surface area contributed by atoms with Crippen molar-refractivity contribution in [3.8, 4) is 11.8 Å². The van der Waals surface area contributed by atoms with E-state index < -0.39 is 0 Å². The van der Waals surface area contributed by atoms with Gasteiger partial charge in [0.2, 0.25) is 0 Å². The summed E-state index contributed by atoms with van der Waals surface area (Å²) in [6.45, 7) is 4.49. The first-order valence-corrected chi connectivity index (χ1v) is 8.75. The van der Waals surface area contributed by atoms with E-state index >= 15 is 0 Å². The second-order valence-corrected chi connectivity index (χ2v) is 6.27. The van der Waals surface area contributed by atoms with E-state index in [0.29, 0.717) is 0 Å². The Bertz CT molecular complexity index is 540. The maximum absolute atomic E-state index is 3.13. The van der Waals surface area contributed by atoms with Gasteiger partial charge < -0.3 is 0 Å². The third-order valence-corrected chi connectivity index (χ3v) is 4.75. The van der Waals surface area contributed by atoms with Gasteiger partial charge in [-0.3, -0.25) is 0 Å². The number of rotatable bonds is 4. The third kappa shape index (κ3) is 5.57. The summed E-state index contributed by atoms with van der Waals surface area (Å²) in [4.78, 5) is 0. The first kappa shape index (κ1) is 16.6. The lowest BCUT2D eigenvalue weighted by atomic mass is 9.81. The summed E-state index contributed by atoms with van der Waals surface area (Å²) in [5.41, 5.74) is 2.59. The molecule has 0 amide bonds. The highest BCUT2D eigenvalue weighted by molar-refractivity contribution is 5.53. The van der Waals surface area contributed by atoms with Gasteiger partial charge in [-0.1, -0.05) is 62.5 Å². The van der Waals surface area contributed by atoms with Crippen LogP contribution in [0.3, 0.4) is 0 Å². The van der Waals surface area contributed by atoms with Crippen LogP contribution in [0.1, 0.15) is 57.1 Å². The second-order valence-electron chi connectivity index (χ2n) is 6.27. The van der Waals surface area contributed by atoms with Crippen LogP contribution in [0.4, 0.5) is 0 Å². The zero-order chi connectivity index (χ0) is 15.6. The van der Waals surface area contributed by atoms with Gasteiger partial charge in [-0.2, -0.15) is 0 Å². The Labute approximate surface area is 136 Å². The number of benzene rings is 1. The molecule has 22 heavy (non-hydrogen) atoms. The van der Waals surface area contributed by atoms with Crippen molar-refractivity contribution in [1.29, 1.82) is 0 Å². The molecule has 1 fully saturated rings. The molecule has 1 aliphatic rings. The van der Waals surface area contributed by atoms with Crippen LogP contribution >= 0.6 is 0 Å². The summed E-state index contributed by atoms with van der Waals surface area (Å²) in [6, 6.07) is 8.66. The second kappa shape index (κ2) is 9.31. The Morgan fingerprint density at radius 3 is 2.27 bits per heavy atom. The van der Waals surface area contributed by atoms with Crippen LogP contribution in [0.25, 0.3) is 6.08 Å². The highest BCUT2D eigenvalue weighted by Crippen LogP contribution is 2.31. The number of allylic oxidation sites excluding steroid dienone is 3. The molecular formula is C22H28. The molecule has 0 atom stereocenters. The van der Waals surface area contributed by atoms with Gasteiger partial charge in [0.05, 0.1) is 0 Å². The lowest BCUT2D eigenvalue weighted by Gasteiger charge is -2.25. The third-order valence-electron chi connectivity index (χ3n) is 4.75. The molecule has 0 N–H and O–H groups in total. The lowest BCUT2D eigenvalue weighted by molar-refractivity contribution is 0.304. The fourth-order valence-corrected chi connectivity index (χ4v) is 3.07. The van der Waals surface area contributed by atoms with Crippen LogP contribution in [0.2, 0.25) is 0 Å². The zero-order valence-electron chi connectivity index (χ0n) is 14.0. The predicted molar refractivity (Wildman–Crippen MR) is 97.5 cm³/mol. The largest absolute Gasteiger partial charge is 0.0730 e. The molecule has 0 bridgehead atoms. The van der Waals surface area contributed by atoms with Crippen LogP contribution in [0.5, 0.6) is 0 Å². The Morgan fingerprint density at radius 1 is 0.955 bits per heavy atom. The van der Waals surface area contributed by atoms with Crippen LogP contribution in [-0.2, 0) is 6.42 Å². The maximum atomic E-state index is 3.13.